The number of hydrogen-bond acceptors (Lipinski definition) is 2. The van der Waals surface area contributed by atoms with Crippen LogP contribution in [0.15, 0.2) is 78.9 Å². The molecule has 182 valence electrons. The lowest BCUT2D eigenvalue weighted by molar-refractivity contribution is -0.141. The molecule has 3 aromatic rings. The van der Waals surface area contributed by atoms with Gasteiger partial charge in [0.1, 0.15) is 6.04 Å². The molecule has 6 heteroatoms. The molecule has 1 saturated carbocycles. The Morgan fingerprint density at radius 1 is 0.829 bits per heavy atom. The van der Waals surface area contributed by atoms with Gasteiger partial charge in [0, 0.05) is 34.6 Å². The molecule has 0 aliphatic heterocycles. The maximum atomic E-state index is 13.8. The van der Waals surface area contributed by atoms with Gasteiger partial charge in [0.25, 0.3) is 0 Å². The van der Waals surface area contributed by atoms with Gasteiger partial charge in [-0.05, 0) is 36.1 Å². The van der Waals surface area contributed by atoms with Crippen molar-refractivity contribution in [1.29, 1.82) is 0 Å². The lowest BCUT2D eigenvalue weighted by Crippen LogP contribution is -2.52. The van der Waals surface area contributed by atoms with Gasteiger partial charge in [-0.3, -0.25) is 9.59 Å². The maximum Gasteiger partial charge on any atom is 0.243 e. The average Bonchev–Trinajstić information content (AvgIpc) is 3.37. The second-order valence-corrected chi connectivity index (χ2v) is 9.89. The van der Waals surface area contributed by atoms with Crippen LogP contribution < -0.4 is 5.32 Å². The van der Waals surface area contributed by atoms with E-state index in [0.29, 0.717) is 22.0 Å². The third-order valence-corrected chi connectivity index (χ3v) is 7.27. The Hall–Kier alpha value is -2.82. The van der Waals surface area contributed by atoms with Gasteiger partial charge in [0.15, 0.2) is 0 Å². The Balaban J connectivity index is 1.69. The van der Waals surface area contributed by atoms with Crippen LogP contribution in [0.25, 0.3) is 0 Å². The number of benzene rings is 3. The fraction of sp³-hybridized carbons (Fsp3) is 0.310. The zero-order valence-corrected chi connectivity index (χ0v) is 21.1. The van der Waals surface area contributed by atoms with Crippen LogP contribution in [0.5, 0.6) is 0 Å². The summed E-state index contributed by atoms with van der Waals surface area (Å²) in [6.45, 7) is 0.153. The monoisotopic (exact) mass is 508 g/mol. The van der Waals surface area contributed by atoms with Crippen LogP contribution in [0.1, 0.15) is 42.4 Å². The molecule has 1 aliphatic carbocycles. The molecular formula is C29H30Cl2N2O2. The third kappa shape index (κ3) is 6.87. The summed E-state index contributed by atoms with van der Waals surface area (Å²) in [5.41, 5.74) is 2.52. The van der Waals surface area contributed by atoms with Crippen molar-refractivity contribution in [2.24, 2.45) is 0 Å². The predicted molar refractivity (Wildman–Crippen MR) is 141 cm³/mol. The number of amides is 2. The number of carbonyl (C=O) groups is 2. The number of nitrogens with zero attached hydrogens (tertiary/aromatic N) is 1. The summed E-state index contributed by atoms with van der Waals surface area (Å²) in [6, 6.07) is 24.1. The molecule has 1 N–H and O–H groups in total. The van der Waals surface area contributed by atoms with Crippen molar-refractivity contribution in [3.8, 4) is 0 Å². The van der Waals surface area contributed by atoms with Crippen LogP contribution in [-0.4, -0.2) is 28.8 Å². The summed E-state index contributed by atoms with van der Waals surface area (Å²) < 4.78 is 0. The van der Waals surface area contributed by atoms with Crippen molar-refractivity contribution in [2.45, 2.75) is 57.2 Å². The first-order valence-electron chi connectivity index (χ1n) is 12.1. The quantitative estimate of drug-likeness (QED) is 0.372. The first-order valence-corrected chi connectivity index (χ1v) is 12.9. The topological polar surface area (TPSA) is 49.4 Å². The zero-order valence-electron chi connectivity index (χ0n) is 19.6. The molecule has 1 fully saturated rings. The van der Waals surface area contributed by atoms with E-state index in [4.69, 9.17) is 23.2 Å². The highest BCUT2D eigenvalue weighted by Crippen LogP contribution is 2.28. The van der Waals surface area contributed by atoms with Crippen LogP contribution in [0, 0.1) is 0 Å². The summed E-state index contributed by atoms with van der Waals surface area (Å²) in [7, 11) is 0. The molecule has 0 aromatic heterocycles. The Morgan fingerprint density at radius 2 is 1.40 bits per heavy atom. The minimum absolute atomic E-state index is 0.134. The van der Waals surface area contributed by atoms with Crippen molar-refractivity contribution < 1.29 is 9.59 Å². The molecule has 1 unspecified atom stereocenters. The highest BCUT2D eigenvalue weighted by Gasteiger charge is 2.32. The van der Waals surface area contributed by atoms with Crippen molar-refractivity contribution in [1.82, 2.24) is 10.2 Å². The highest BCUT2D eigenvalue weighted by atomic mass is 35.5. The lowest BCUT2D eigenvalue weighted by atomic mass is 10.0. The number of halogens is 2. The van der Waals surface area contributed by atoms with E-state index in [1.54, 1.807) is 23.1 Å². The molecule has 1 aliphatic rings. The molecule has 2 amide bonds. The summed E-state index contributed by atoms with van der Waals surface area (Å²) >= 11 is 13.0. The normalized spacial score (nSPS) is 14.5. The Labute approximate surface area is 217 Å². The average molecular weight is 509 g/mol. The summed E-state index contributed by atoms with van der Waals surface area (Å²) in [4.78, 5) is 29.1. The number of hydrogen-bond donors (Lipinski definition) is 1. The van der Waals surface area contributed by atoms with E-state index in [-0.39, 0.29) is 30.8 Å². The summed E-state index contributed by atoms with van der Waals surface area (Å²) in [5.74, 6) is -0.278. The molecular weight excluding hydrogens is 479 g/mol. The molecule has 0 saturated heterocycles. The van der Waals surface area contributed by atoms with Crippen LogP contribution in [0.4, 0.5) is 0 Å². The third-order valence-electron chi connectivity index (χ3n) is 6.56. The Bertz CT molecular complexity index is 1110. The molecule has 1 atom stereocenters. The van der Waals surface area contributed by atoms with E-state index in [9.17, 15) is 9.59 Å². The van der Waals surface area contributed by atoms with Crippen LogP contribution in [-0.2, 0) is 29.0 Å². The van der Waals surface area contributed by atoms with E-state index in [2.05, 4.69) is 5.32 Å². The van der Waals surface area contributed by atoms with E-state index in [0.717, 1.165) is 36.8 Å². The first kappa shape index (κ1) is 25.3. The minimum atomic E-state index is -0.693. The molecule has 0 radical (unpaired) electrons. The predicted octanol–water partition coefficient (Wildman–Crippen LogP) is 6.23. The smallest absolute Gasteiger partial charge is 0.243 e. The Kier molecular flexibility index (Phi) is 8.84. The second kappa shape index (κ2) is 12.2. The van der Waals surface area contributed by atoms with Gasteiger partial charge in [-0.25, -0.2) is 0 Å². The van der Waals surface area contributed by atoms with E-state index >= 15 is 0 Å². The van der Waals surface area contributed by atoms with Gasteiger partial charge in [0.2, 0.25) is 11.8 Å². The largest absolute Gasteiger partial charge is 0.352 e. The molecule has 4 rings (SSSR count). The molecule has 35 heavy (non-hydrogen) atoms. The minimum Gasteiger partial charge on any atom is -0.352 e. The van der Waals surface area contributed by atoms with Crippen molar-refractivity contribution in [3.05, 3.63) is 106 Å². The fourth-order valence-electron chi connectivity index (χ4n) is 4.65. The van der Waals surface area contributed by atoms with Gasteiger partial charge < -0.3 is 10.2 Å². The van der Waals surface area contributed by atoms with Crippen molar-refractivity contribution >= 4 is 35.0 Å². The van der Waals surface area contributed by atoms with Gasteiger partial charge in [-0.2, -0.15) is 0 Å². The van der Waals surface area contributed by atoms with Gasteiger partial charge >= 0.3 is 0 Å². The molecule has 0 bridgehead atoms. The fourth-order valence-corrected chi connectivity index (χ4v) is 5.16. The number of rotatable bonds is 9. The zero-order chi connectivity index (χ0) is 24.6. The lowest BCUT2D eigenvalue weighted by Gasteiger charge is -2.33. The Morgan fingerprint density at radius 3 is 2.00 bits per heavy atom. The SMILES string of the molecule is O=C(NC1CCCC1)C(Cc1ccccc1)N(Cc1c(Cl)cccc1Cl)C(=O)Cc1ccccc1. The molecule has 0 heterocycles. The summed E-state index contributed by atoms with van der Waals surface area (Å²) in [6.07, 6.45) is 4.75. The first-order chi connectivity index (χ1) is 17.0. The maximum absolute atomic E-state index is 13.8. The van der Waals surface area contributed by atoms with Crippen molar-refractivity contribution in [2.75, 3.05) is 0 Å². The van der Waals surface area contributed by atoms with E-state index in [1.807, 2.05) is 60.7 Å². The molecule has 3 aromatic carbocycles. The summed E-state index contributed by atoms with van der Waals surface area (Å²) in [5, 5.41) is 4.17. The van der Waals surface area contributed by atoms with Gasteiger partial charge in [-0.15, -0.1) is 0 Å². The van der Waals surface area contributed by atoms with Crippen LogP contribution >= 0.6 is 23.2 Å². The van der Waals surface area contributed by atoms with Crippen LogP contribution in [0.2, 0.25) is 10.0 Å². The van der Waals surface area contributed by atoms with Gasteiger partial charge in [-0.1, -0.05) is 103 Å². The van der Waals surface area contributed by atoms with E-state index < -0.39 is 6.04 Å². The molecule has 4 nitrogen and oxygen atoms in total. The van der Waals surface area contributed by atoms with Gasteiger partial charge in [0.05, 0.1) is 6.42 Å². The molecule has 0 spiro atoms. The number of carbonyl (C=O) groups excluding carboxylic acids is 2. The van der Waals surface area contributed by atoms with E-state index in [1.165, 1.54) is 0 Å². The number of nitrogens with one attached hydrogen (secondary N) is 1. The second-order valence-electron chi connectivity index (χ2n) is 9.08. The standard InChI is InChI=1S/C29H30Cl2N2O2/c30-25-16-9-17-26(31)24(25)20-33(28(34)19-22-12-5-2-6-13-22)27(18-21-10-3-1-4-11-21)29(35)32-23-14-7-8-15-23/h1-6,9-13,16-17,23,27H,7-8,14-15,18-20H2,(H,32,35). The highest BCUT2D eigenvalue weighted by molar-refractivity contribution is 6.36. The van der Waals surface area contributed by atoms with Crippen LogP contribution in [0.3, 0.4) is 0 Å². The van der Waals surface area contributed by atoms with Crippen molar-refractivity contribution in [3.63, 3.8) is 0 Å².